The summed E-state index contributed by atoms with van der Waals surface area (Å²) in [7, 11) is 3.58. The molecule has 7 heteroatoms. The van der Waals surface area contributed by atoms with E-state index in [1.54, 1.807) is 13.1 Å². The first-order valence-corrected chi connectivity index (χ1v) is 7.15. The number of halogens is 2. The Morgan fingerprint density at radius 3 is 2.53 bits per heavy atom. The number of aromatic nitrogens is 2. The molecule has 4 nitrogen and oxygen atoms in total. The van der Waals surface area contributed by atoms with Crippen LogP contribution in [0.2, 0.25) is 5.15 Å². The zero-order valence-electron chi connectivity index (χ0n) is 8.07. The van der Waals surface area contributed by atoms with Crippen LogP contribution in [0.3, 0.4) is 0 Å². The summed E-state index contributed by atoms with van der Waals surface area (Å²) < 4.78 is 23.3. The van der Waals surface area contributed by atoms with Crippen LogP contribution in [-0.2, 0) is 22.5 Å². The van der Waals surface area contributed by atoms with Crippen LogP contribution in [0.15, 0.2) is 6.07 Å². The van der Waals surface area contributed by atoms with Crippen molar-refractivity contribution in [1.82, 2.24) is 9.78 Å². The van der Waals surface area contributed by atoms with Gasteiger partial charge < -0.3 is 0 Å². The summed E-state index contributed by atoms with van der Waals surface area (Å²) in [4.78, 5) is 0. The van der Waals surface area contributed by atoms with Gasteiger partial charge in [0.05, 0.1) is 10.4 Å². The van der Waals surface area contributed by atoms with Gasteiger partial charge in [0.2, 0.25) is 9.05 Å². The second-order valence-corrected chi connectivity index (χ2v) is 7.23. The zero-order valence-corrected chi connectivity index (χ0v) is 10.4. The van der Waals surface area contributed by atoms with Crippen molar-refractivity contribution in [2.24, 2.45) is 7.05 Å². The number of nitrogens with zero attached hydrogens (tertiary/aromatic N) is 2. The summed E-state index contributed by atoms with van der Waals surface area (Å²) >= 11 is 5.81. The number of rotatable bonds is 3. The van der Waals surface area contributed by atoms with Crippen LogP contribution in [-0.4, -0.2) is 22.9 Å². The van der Waals surface area contributed by atoms with E-state index >= 15 is 0 Å². The minimum atomic E-state index is -3.51. The smallest absolute Gasteiger partial charge is 0.238 e. The maximum Gasteiger partial charge on any atom is 0.238 e. The summed E-state index contributed by atoms with van der Waals surface area (Å²) in [5.74, 6) is 0. The summed E-state index contributed by atoms with van der Waals surface area (Å²) in [6.45, 7) is 0. The van der Waals surface area contributed by atoms with Gasteiger partial charge in [-0.25, -0.2) is 8.42 Å². The molecule has 0 aromatic carbocycles. The second-order valence-electron chi connectivity index (χ2n) is 3.88. The van der Waals surface area contributed by atoms with Crippen LogP contribution in [0, 0.1) is 0 Å². The van der Waals surface area contributed by atoms with Crippen LogP contribution >= 0.6 is 22.3 Å². The van der Waals surface area contributed by atoms with E-state index < -0.39 is 13.8 Å². The lowest BCUT2D eigenvalue weighted by Gasteiger charge is -2.07. The van der Waals surface area contributed by atoms with Gasteiger partial charge in [-0.2, -0.15) is 5.10 Å². The van der Waals surface area contributed by atoms with E-state index in [4.69, 9.17) is 22.3 Å². The average Bonchev–Trinajstić information content (AvgIpc) is 2.77. The predicted octanol–water partition coefficient (Wildman–Crippen LogP) is 1.72. The number of hydrogen-bond acceptors (Lipinski definition) is 3. The fourth-order valence-electron chi connectivity index (χ4n) is 1.56. The van der Waals surface area contributed by atoms with E-state index in [9.17, 15) is 8.42 Å². The monoisotopic (exact) mass is 268 g/mol. The molecule has 1 aliphatic carbocycles. The molecular formula is C8H10Cl2N2O2S. The van der Waals surface area contributed by atoms with Crippen molar-refractivity contribution in [3.05, 3.63) is 16.9 Å². The Kier molecular flexibility index (Phi) is 2.52. The maximum absolute atomic E-state index is 11.3. The SMILES string of the molecule is Cn1nc(CC2(S(=O)(=O)Cl)CC2)cc1Cl. The van der Waals surface area contributed by atoms with Gasteiger partial charge in [-0.1, -0.05) is 11.6 Å². The van der Waals surface area contributed by atoms with Crippen molar-refractivity contribution in [1.29, 1.82) is 0 Å². The van der Waals surface area contributed by atoms with Gasteiger partial charge in [0.25, 0.3) is 0 Å². The molecule has 0 atom stereocenters. The lowest BCUT2D eigenvalue weighted by atomic mass is 10.2. The van der Waals surface area contributed by atoms with Gasteiger partial charge in [0.15, 0.2) is 0 Å². The van der Waals surface area contributed by atoms with Crippen molar-refractivity contribution < 1.29 is 8.42 Å². The van der Waals surface area contributed by atoms with E-state index in [0.717, 1.165) is 0 Å². The molecule has 1 fully saturated rings. The molecule has 1 heterocycles. The average molecular weight is 269 g/mol. The standard InChI is InChI=1S/C8H10Cl2N2O2S/c1-12-7(9)4-6(11-12)5-8(2-3-8)15(10,13)14/h4H,2-3,5H2,1H3. The van der Waals surface area contributed by atoms with E-state index in [-0.39, 0.29) is 0 Å². The predicted molar refractivity (Wildman–Crippen MR) is 58.7 cm³/mol. The highest BCUT2D eigenvalue weighted by atomic mass is 35.7. The van der Waals surface area contributed by atoms with Crippen molar-refractivity contribution in [2.45, 2.75) is 24.0 Å². The number of aryl methyl sites for hydroxylation is 1. The molecule has 0 radical (unpaired) electrons. The molecule has 0 amide bonds. The molecule has 0 saturated heterocycles. The van der Waals surface area contributed by atoms with Crippen LogP contribution < -0.4 is 0 Å². The lowest BCUT2D eigenvalue weighted by molar-refractivity contribution is 0.587. The highest BCUT2D eigenvalue weighted by Crippen LogP contribution is 2.47. The molecule has 0 N–H and O–H groups in total. The molecule has 84 valence electrons. The zero-order chi connectivity index (χ0) is 11.3. The van der Waals surface area contributed by atoms with Crippen LogP contribution in [0.25, 0.3) is 0 Å². The maximum atomic E-state index is 11.3. The molecule has 2 rings (SSSR count). The van der Waals surface area contributed by atoms with E-state index in [2.05, 4.69) is 5.10 Å². The highest BCUT2D eigenvalue weighted by Gasteiger charge is 2.54. The van der Waals surface area contributed by atoms with Crippen LogP contribution in [0.5, 0.6) is 0 Å². The summed E-state index contributed by atoms with van der Waals surface area (Å²) in [5, 5.41) is 4.60. The first kappa shape index (κ1) is 11.2. The first-order chi connectivity index (χ1) is 6.84. The Morgan fingerprint density at radius 2 is 2.20 bits per heavy atom. The molecule has 0 spiro atoms. The molecule has 1 aliphatic rings. The Bertz CT molecular complexity index is 471. The third kappa shape index (κ3) is 2.00. The van der Waals surface area contributed by atoms with E-state index in [1.807, 2.05) is 0 Å². The Labute approximate surface area is 97.6 Å². The third-order valence-electron chi connectivity index (χ3n) is 2.70. The topological polar surface area (TPSA) is 52.0 Å². The van der Waals surface area contributed by atoms with Gasteiger partial charge in [-0.3, -0.25) is 4.68 Å². The van der Waals surface area contributed by atoms with Gasteiger partial charge >= 0.3 is 0 Å². The Hall–Kier alpha value is -0.260. The molecule has 1 aromatic rings. The van der Waals surface area contributed by atoms with E-state index in [1.165, 1.54) is 4.68 Å². The molecule has 0 bridgehead atoms. The third-order valence-corrected chi connectivity index (χ3v) is 5.62. The van der Waals surface area contributed by atoms with Crippen molar-refractivity contribution >= 4 is 31.3 Å². The molecular weight excluding hydrogens is 259 g/mol. The minimum Gasteiger partial charge on any atom is -0.257 e. The van der Waals surface area contributed by atoms with Gasteiger partial charge in [0, 0.05) is 24.2 Å². The fourth-order valence-corrected chi connectivity index (χ4v) is 3.26. The summed E-state index contributed by atoms with van der Waals surface area (Å²) in [6.07, 6.45) is 1.56. The van der Waals surface area contributed by atoms with Gasteiger partial charge in [0.1, 0.15) is 5.15 Å². The highest BCUT2D eigenvalue weighted by molar-refractivity contribution is 8.15. The Morgan fingerprint density at radius 1 is 1.60 bits per heavy atom. The summed E-state index contributed by atoms with van der Waals surface area (Å²) in [6, 6.07) is 1.67. The fraction of sp³-hybridized carbons (Fsp3) is 0.625. The quantitative estimate of drug-likeness (QED) is 0.785. The lowest BCUT2D eigenvalue weighted by Crippen LogP contribution is -2.21. The summed E-state index contributed by atoms with van der Waals surface area (Å²) in [5.41, 5.74) is 0.671. The Balaban J connectivity index is 2.23. The van der Waals surface area contributed by atoms with Crippen molar-refractivity contribution in [2.75, 3.05) is 0 Å². The van der Waals surface area contributed by atoms with Crippen molar-refractivity contribution in [3.8, 4) is 0 Å². The van der Waals surface area contributed by atoms with Crippen LogP contribution in [0.1, 0.15) is 18.5 Å². The largest absolute Gasteiger partial charge is 0.257 e. The minimum absolute atomic E-state index is 0.347. The molecule has 15 heavy (non-hydrogen) atoms. The van der Waals surface area contributed by atoms with Crippen molar-refractivity contribution in [3.63, 3.8) is 0 Å². The normalized spacial score (nSPS) is 19.1. The molecule has 0 unspecified atom stereocenters. The molecule has 1 aromatic heterocycles. The molecule has 0 aliphatic heterocycles. The first-order valence-electron chi connectivity index (χ1n) is 4.47. The number of hydrogen-bond donors (Lipinski definition) is 0. The van der Waals surface area contributed by atoms with Crippen LogP contribution in [0.4, 0.5) is 0 Å². The molecule has 1 saturated carbocycles. The van der Waals surface area contributed by atoms with Gasteiger partial charge in [-0.15, -0.1) is 0 Å². The van der Waals surface area contributed by atoms with E-state index in [0.29, 0.717) is 30.1 Å². The second kappa shape index (κ2) is 3.37. The van der Waals surface area contributed by atoms with Gasteiger partial charge in [-0.05, 0) is 18.9 Å².